The molecule has 1 aromatic heterocycles. The van der Waals surface area contributed by atoms with Crippen LogP contribution in [0, 0.1) is 0 Å². The van der Waals surface area contributed by atoms with Crippen LogP contribution in [0.25, 0.3) is 0 Å². The normalized spacial score (nSPS) is 25.7. The predicted octanol–water partition coefficient (Wildman–Crippen LogP) is 5.09. The number of fused-ring (bicyclic) bond motifs is 4. The van der Waals surface area contributed by atoms with Gasteiger partial charge in [0.1, 0.15) is 29.2 Å². The molecule has 3 N–H and O–H groups in total. The van der Waals surface area contributed by atoms with Gasteiger partial charge in [0.15, 0.2) is 5.82 Å². The molecule has 0 radical (unpaired) electrons. The molecule has 4 aliphatic rings. The molecule has 0 bridgehead atoms. The zero-order valence-corrected chi connectivity index (χ0v) is 24.2. The number of aliphatic imine (C=N–C) groups is 1. The molecule has 3 aliphatic heterocycles. The molecule has 12 heteroatoms. The number of halogens is 3. The summed E-state index contributed by atoms with van der Waals surface area (Å²) in [5.41, 5.74) is 6.91. The highest BCUT2D eigenvalue weighted by Gasteiger charge is 2.59. The number of nitrogens with two attached hydrogens (primary N) is 1. The first kappa shape index (κ1) is 28.6. The molecule has 0 spiro atoms. The molecule has 2 aromatic carbocycles. The predicted molar refractivity (Wildman–Crippen MR) is 155 cm³/mol. The number of rotatable bonds is 6. The van der Waals surface area contributed by atoms with E-state index >= 15 is 0 Å². The van der Waals surface area contributed by atoms with Crippen molar-refractivity contribution in [1.29, 1.82) is 0 Å². The van der Waals surface area contributed by atoms with Gasteiger partial charge < -0.3 is 25.3 Å². The Morgan fingerprint density at radius 3 is 2.68 bits per heavy atom. The highest BCUT2D eigenvalue weighted by Crippen LogP contribution is 2.54. The van der Waals surface area contributed by atoms with Crippen molar-refractivity contribution in [3.05, 3.63) is 76.5 Å². The van der Waals surface area contributed by atoms with E-state index in [2.05, 4.69) is 15.3 Å². The monoisotopic (exact) mass is 607 g/mol. The van der Waals surface area contributed by atoms with Crippen LogP contribution < -0.4 is 20.5 Å². The third-order valence-electron chi connectivity index (χ3n) is 8.52. The number of carbonyl (C=O) groups is 1. The Kier molecular flexibility index (Phi) is 7.00. The number of alkyl halides is 3. The summed E-state index contributed by atoms with van der Waals surface area (Å²) >= 11 is 0. The van der Waals surface area contributed by atoms with Crippen LogP contribution in [0.15, 0.2) is 53.7 Å². The molecule has 9 nitrogen and oxygen atoms in total. The SMILES string of the molecule is CC1CN(Cc2ccc(C(=O)NC3C4Oc5ccc(Oc6ccnc7c6CCC(N)=N7)cc5C34)cc2C(F)(F)F)CC(C)O1. The number of aromatic nitrogens is 1. The molecule has 3 aromatic rings. The molecular formula is C32H32F3N5O4. The Balaban J connectivity index is 1.05. The third-order valence-corrected chi connectivity index (χ3v) is 8.52. The smallest absolute Gasteiger partial charge is 0.416 e. The summed E-state index contributed by atoms with van der Waals surface area (Å²) in [4.78, 5) is 23.7. The van der Waals surface area contributed by atoms with Crippen LogP contribution in [0.4, 0.5) is 19.0 Å². The number of carbonyl (C=O) groups excluding carboxylic acids is 1. The van der Waals surface area contributed by atoms with Crippen molar-refractivity contribution >= 4 is 17.6 Å². The van der Waals surface area contributed by atoms with Crippen LogP contribution in [0.1, 0.15) is 58.8 Å². The Bertz CT molecular complexity index is 1650. The fraction of sp³-hybridized carbons (Fsp3) is 0.406. The molecule has 1 aliphatic carbocycles. The summed E-state index contributed by atoms with van der Waals surface area (Å²) in [7, 11) is 0. The van der Waals surface area contributed by atoms with E-state index in [1.807, 2.05) is 36.9 Å². The van der Waals surface area contributed by atoms with Crippen molar-refractivity contribution in [3.8, 4) is 17.2 Å². The molecule has 1 saturated carbocycles. The van der Waals surface area contributed by atoms with Gasteiger partial charge in [-0.15, -0.1) is 0 Å². The van der Waals surface area contributed by atoms with E-state index in [0.717, 1.165) is 17.2 Å². The number of benzene rings is 2. The molecule has 1 amide bonds. The van der Waals surface area contributed by atoms with Crippen molar-refractivity contribution in [1.82, 2.24) is 15.2 Å². The molecule has 1 saturated heterocycles. The number of hydrogen-bond donors (Lipinski definition) is 2. The van der Waals surface area contributed by atoms with Crippen LogP contribution >= 0.6 is 0 Å². The number of amidine groups is 1. The van der Waals surface area contributed by atoms with Gasteiger partial charge >= 0.3 is 6.18 Å². The van der Waals surface area contributed by atoms with Gasteiger partial charge in [-0.1, -0.05) is 6.07 Å². The summed E-state index contributed by atoms with van der Waals surface area (Å²) in [5.74, 6) is 2.32. The van der Waals surface area contributed by atoms with Crippen molar-refractivity contribution in [2.45, 2.75) is 69.7 Å². The topological polar surface area (TPSA) is 111 Å². The molecule has 4 heterocycles. The van der Waals surface area contributed by atoms with Gasteiger partial charge in [0.25, 0.3) is 5.91 Å². The van der Waals surface area contributed by atoms with E-state index in [0.29, 0.717) is 54.8 Å². The lowest BCUT2D eigenvalue weighted by Gasteiger charge is -2.35. The van der Waals surface area contributed by atoms with Gasteiger partial charge in [0, 0.05) is 48.9 Å². The van der Waals surface area contributed by atoms with Crippen LogP contribution in [0.2, 0.25) is 0 Å². The fourth-order valence-corrected chi connectivity index (χ4v) is 6.55. The largest absolute Gasteiger partial charge is 0.487 e. The number of amides is 1. The van der Waals surface area contributed by atoms with Crippen molar-refractivity contribution in [2.24, 2.45) is 10.7 Å². The first-order chi connectivity index (χ1) is 21.0. The van der Waals surface area contributed by atoms with Gasteiger partial charge in [0.05, 0.1) is 29.7 Å². The standard InChI is InChI=1S/C32H32F3N5O4/c1-16-13-40(14-17(2)42-16)15-19-4-3-18(11-23(19)32(33,34)35)31(41)39-28-27-22-12-20(5-7-24(22)44-29(27)28)43-25-9-10-37-30-21(25)6-8-26(36)38-30/h3-5,7,9-12,16-17,27-29H,6,8,13-15H2,1-2H3,(H,39,41)(H2,36,37,38). The van der Waals surface area contributed by atoms with E-state index in [9.17, 15) is 18.0 Å². The zero-order chi connectivity index (χ0) is 30.7. The summed E-state index contributed by atoms with van der Waals surface area (Å²) in [6.45, 7) is 5.02. The maximum absolute atomic E-state index is 14.1. The molecule has 44 heavy (non-hydrogen) atoms. The summed E-state index contributed by atoms with van der Waals surface area (Å²) < 4.78 is 60.3. The lowest BCUT2D eigenvalue weighted by atomic mass is 10.0. The van der Waals surface area contributed by atoms with Crippen LogP contribution in [-0.4, -0.2) is 59.1 Å². The van der Waals surface area contributed by atoms with Gasteiger partial charge in [-0.3, -0.25) is 9.69 Å². The van der Waals surface area contributed by atoms with E-state index in [1.165, 1.54) is 12.1 Å². The van der Waals surface area contributed by atoms with Gasteiger partial charge in [-0.2, -0.15) is 13.2 Å². The van der Waals surface area contributed by atoms with E-state index < -0.39 is 17.6 Å². The average Bonchev–Trinajstić information content (AvgIpc) is 3.48. The van der Waals surface area contributed by atoms with Crippen molar-refractivity contribution in [2.75, 3.05) is 13.1 Å². The summed E-state index contributed by atoms with van der Waals surface area (Å²) in [6, 6.07) is 10.7. The highest BCUT2D eigenvalue weighted by atomic mass is 19.4. The Hall–Kier alpha value is -4.16. The minimum Gasteiger partial charge on any atom is -0.487 e. The van der Waals surface area contributed by atoms with E-state index in [4.69, 9.17) is 19.9 Å². The van der Waals surface area contributed by atoms with Gasteiger partial charge in [-0.25, -0.2) is 9.98 Å². The van der Waals surface area contributed by atoms with Crippen molar-refractivity contribution < 1.29 is 32.2 Å². The minimum atomic E-state index is -4.60. The van der Waals surface area contributed by atoms with E-state index in [1.54, 1.807) is 12.3 Å². The van der Waals surface area contributed by atoms with Crippen LogP contribution in [0.5, 0.6) is 17.2 Å². The maximum Gasteiger partial charge on any atom is 0.416 e. The Morgan fingerprint density at radius 2 is 1.91 bits per heavy atom. The third kappa shape index (κ3) is 5.48. The Labute approximate surface area is 252 Å². The minimum absolute atomic E-state index is 0.0437. The van der Waals surface area contributed by atoms with Crippen LogP contribution in [-0.2, 0) is 23.9 Å². The lowest BCUT2D eigenvalue weighted by Crippen LogP contribution is -2.45. The summed E-state index contributed by atoms with van der Waals surface area (Å²) in [5, 5.41) is 2.88. The second-order valence-corrected chi connectivity index (χ2v) is 11.9. The highest BCUT2D eigenvalue weighted by molar-refractivity contribution is 5.95. The number of pyridine rings is 1. The molecule has 230 valence electrons. The summed E-state index contributed by atoms with van der Waals surface area (Å²) in [6.07, 6.45) is -2.11. The van der Waals surface area contributed by atoms with Gasteiger partial charge in [0.2, 0.25) is 0 Å². The van der Waals surface area contributed by atoms with Crippen LogP contribution in [0.3, 0.4) is 0 Å². The number of nitrogens with zero attached hydrogens (tertiary/aromatic N) is 3. The lowest BCUT2D eigenvalue weighted by molar-refractivity contribution is -0.138. The number of nitrogens with one attached hydrogen (secondary N) is 1. The average molecular weight is 608 g/mol. The second kappa shape index (κ2) is 10.8. The molecule has 7 rings (SSSR count). The molecule has 5 atom stereocenters. The Morgan fingerprint density at radius 1 is 1.11 bits per heavy atom. The quantitative estimate of drug-likeness (QED) is 0.402. The fourth-order valence-electron chi connectivity index (χ4n) is 6.55. The number of hydrogen-bond acceptors (Lipinski definition) is 8. The maximum atomic E-state index is 14.1. The van der Waals surface area contributed by atoms with Gasteiger partial charge in [-0.05, 0) is 62.2 Å². The molecule has 5 unspecified atom stereocenters. The molecular weight excluding hydrogens is 575 g/mol. The second-order valence-electron chi connectivity index (χ2n) is 11.9. The zero-order valence-electron chi connectivity index (χ0n) is 24.2. The first-order valence-electron chi connectivity index (χ1n) is 14.7. The number of ether oxygens (including phenoxy) is 3. The van der Waals surface area contributed by atoms with E-state index in [-0.39, 0.29) is 47.9 Å². The first-order valence-corrected chi connectivity index (χ1v) is 14.7. The number of morpholine rings is 1. The molecule has 2 fully saturated rings. The van der Waals surface area contributed by atoms with Crippen molar-refractivity contribution in [3.63, 3.8) is 0 Å².